The minimum absolute atomic E-state index is 0.935. The van der Waals surface area contributed by atoms with Gasteiger partial charge in [-0.2, -0.15) is 0 Å². The fraction of sp³-hybridized carbons (Fsp3) is 0.0667. The summed E-state index contributed by atoms with van der Waals surface area (Å²) in [5, 5.41) is 8.41. The summed E-state index contributed by atoms with van der Waals surface area (Å²) in [6, 6.07) is 20.3. The number of rotatable bonds is 2. The summed E-state index contributed by atoms with van der Waals surface area (Å²) in [5.74, 6) is 0. The fourth-order valence-corrected chi connectivity index (χ4v) is 2.03. The normalized spacial score (nSPS) is 10.5. The summed E-state index contributed by atoms with van der Waals surface area (Å²) in [6.07, 6.45) is 0. The van der Waals surface area contributed by atoms with Gasteiger partial charge in [0, 0.05) is 5.56 Å². The van der Waals surface area contributed by atoms with Crippen molar-refractivity contribution in [3.63, 3.8) is 0 Å². The molecule has 3 heteroatoms. The summed E-state index contributed by atoms with van der Waals surface area (Å²) in [5.41, 5.74) is 4.13. The minimum Gasteiger partial charge on any atom is -0.213 e. The van der Waals surface area contributed by atoms with Gasteiger partial charge in [-0.3, -0.25) is 0 Å². The van der Waals surface area contributed by atoms with Crippen molar-refractivity contribution in [3.8, 4) is 16.9 Å². The maximum Gasteiger partial charge on any atom is 0.0973 e. The second kappa shape index (κ2) is 4.45. The van der Waals surface area contributed by atoms with Crippen LogP contribution in [0.5, 0.6) is 0 Å². The van der Waals surface area contributed by atoms with Gasteiger partial charge in [-0.05, 0) is 19.1 Å². The van der Waals surface area contributed by atoms with Crippen molar-refractivity contribution in [1.82, 2.24) is 15.0 Å². The third-order valence-corrected chi connectivity index (χ3v) is 2.89. The van der Waals surface area contributed by atoms with Crippen LogP contribution in [0.1, 0.15) is 5.69 Å². The zero-order valence-electron chi connectivity index (χ0n) is 10.1. The first-order valence-electron chi connectivity index (χ1n) is 5.89. The molecule has 3 aromatic rings. The molecule has 0 spiro atoms. The van der Waals surface area contributed by atoms with Gasteiger partial charge in [0.05, 0.1) is 17.1 Å². The molecule has 0 aliphatic heterocycles. The van der Waals surface area contributed by atoms with Gasteiger partial charge in [0.2, 0.25) is 0 Å². The molecule has 0 amide bonds. The van der Waals surface area contributed by atoms with Gasteiger partial charge in [-0.25, -0.2) is 4.68 Å². The average Bonchev–Trinajstić information content (AvgIpc) is 2.83. The second-order valence-electron chi connectivity index (χ2n) is 4.14. The molecule has 18 heavy (non-hydrogen) atoms. The Hall–Kier alpha value is -2.42. The summed E-state index contributed by atoms with van der Waals surface area (Å²) < 4.78 is 1.88. The molecule has 88 valence electrons. The molecule has 1 heterocycles. The van der Waals surface area contributed by atoms with Crippen molar-refractivity contribution in [1.29, 1.82) is 0 Å². The van der Waals surface area contributed by atoms with E-state index in [9.17, 15) is 0 Å². The maximum atomic E-state index is 4.23. The molecule has 0 atom stereocenters. The van der Waals surface area contributed by atoms with Gasteiger partial charge in [0.25, 0.3) is 0 Å². The quantitative estimate of drug-likeness (QED) is 0.682. The molecule has 0 fully saturated rings. The smallest absolute Gasteiger partial charge is 0.0973 e. The third-order valence-electron chi connectivity index (χ3n) is 2.89. The standard InChI is InChI=1S/C15H13N3/c1-12-15(13-8-4-2-5-9-13)18(17-16-12)14-10-6-3-7-11-14/h2-11H,1H3. The number of para-hydroxylation sites is 1. The van der Waals surface area contributed by atoms with Crippen LogP contribution in [0.15, 0.2) is 60.7 Å². The molecule has 0 aliphatic carbocycles. The van der Waals surface area contributed by atoms with E-state index in [-0.39, 0.29) is 0 Å². The highest BCUT2D eigenvalue weighted by Gasteiger charge is 2.12. The molecule has 2 aromatic carbocycles. The molecule has 3 rings (SSSR count). The van der Waals surface area contributed by atoms with E-state index in [4.69, 9.17) is 0 Å². The lowest BCUT2D eigenvalue weighted by molar-refractivity contribution is 0.805. The first kappa shape index (κ1) is 10.7. The fourth-order valence-electron chi connectivity index (χ4n) is 2.03. The van der Waals surface area contributed by atoms with Crippen LogP contribution in [-0.2, 0) is 0 Å². The molecular formula is C15H13N3. The Balaban J connectivity index is 2.19. The van der Waals surface area contributed by atoms with Gasteiger partial charge in [0.1, 0.15) is 0 Å². The van der Waals surface area contributed by atoms with Crippen LogP contribution in [-0.4, -0.2) is 15.0 Å². The number of benzene rings is 2. The van der Waals surface area contributed by atoms with Crippen molar-refractivity contribution in [2.45, 2.75) is 6.92 Å². The summed E-state index contributed by atoms with van der Waals surface area (Å²) in [7, 11) is 0. The molecular weight excluding hydrogens is 222 g/mol. The third kappa shape index (κ3) is 1.80. The highest BCUT2D eigenvalue weighted by atomic mass is 15.4. The molecule has 0 radical (unpaired) electrons. The molecule has 0 unspecified atom stereocenters. The lowest BCUT2D eigenvalue weighted by atomic mass is 10.1. The average molecular weight is 235 g/mol. The van der Waals surface area contributed by atoms with Crippen LogP contribution in [0.4, 0.5) is 0 Å². The van der Waals surface area contributed by atoms with Crippen molar-refractivity contribution in [3.05, 3.63) is 66.4 Å². The number of nitrogens with zero attached hydrogens (tertiary/aromatic N) is 3. The molecule has 0 saturated heterocycles. The van der Waals surface area contributed by atoms with Crippen LogP contribution >= 0.6 is 0 Å². The number of hydrogen-bond donors (Lipinski definition) is 0. The predicted molar refractivity (Wildman–Crippen MR) is 71.5 cm³/mol. The molecule has 3 nitrogen and oxygen atoms in total. The van der Waals surface area contributed by atoms with E-state index in [0.717, 1.165) is 22.6 Å². The Kier molecular flexibility index (Phi) is 2.65. The number of aromatic nitrogens is 3. The Morgan fingerprint density at radius 3 is 2.11 bits per heavy atom. The van der Waals surface area contributed by atoms with Crippen LogP contribution in [0.2, 0.25) is 0 Å². The van der Waals surface area contributed by atoms with Crippen molar-refractivity contribution < 1.29 is 0 Å². The van der Waals surface area contributed by atoms with Gasteiger partial charge >= 0.3 is 0 Å². The molecule has 1 aromatic heterocycles. The van der Waals surface area contributed by atoms with Crippen LogP contribution in [0, 0.1) is 6.92 Å². The van der Waals surface area contributed by atoms with Gasteiger partial charge in [-0.15, -0.1) is 5.10 Å². The van der Waals surface area contributed by atoms with E-state index >= 15 is 0 Å². The van der Waals surface area contributed by atoms with E-state index in [1.165, 1.54) is 0 Å². The minimum atomic E-state index is 0.935. The van der Waals surface area contributed by atoms with Crippen molar-refractivity contribution in [2.75, 3.05) is 0 Å². The van der Waals surface area contributed by atoms with Crippen LogP contribution < -0.4 is 0 Å². The van der Waals surface area contributed by atoms with Gasteiger partial charge < -0.3 is 0 Å². The van der Waals surface area contributed by atoms with E-state index in [1.54, 1.807) is 0 Å². The van der Waals surface area contributed by atoms with E-state index < -0.39 is 0 Å². The lowest BCUT2D eigenvalue weighted by Crippen LogP contribution is -1.99. The van der Waals surface area contributed by atoms with E-state index in [1.807, 2.05) is 60.1 Å². The molecule has 0 aliphatic rings. The van der Waals surface area contributed by atoms with Crippen molar-refractivity contribution in [2.24, 2.45) is 0 Å². The highest BCUT2D eigenvalue weighted by Crippen LogP contribution is 2.24. The Morgan fingerprint density at radius 2 is 1.44 bits per heavy atom. The van der Waals surface area contributed by atoms with Crippen LogP contribution in [0.25, 0.3) is 16.9 Å². The predicted octanol–water partition coefficient (Wildman–Crippen LogP) is 3.24. The topological polar surface area (TPSA) is 30.7 Å². The zero-order valence-corrected chi connectivity index (χ0v) is 10.1. The first-order valence-corrected chi connectivity index (χ1v) is 5.89. The van der Waals surface area contributed by atoms with Gasteiger partial charge in [0.15, 0.2) is 0 Å². The molecule has 0 N–H and O–H groups in total. The SMILES string of the molecule is Cc1nnn(-c2ccccc2)c1-c1ccccc1. The second-order valence-corrected chi connectivity index (χ2v) is 4.14. The van der Waals surface area contributed by atoms with E-state index in [2.05, 4.69) is 22.4 Å². The number of aryl methyl sites for hydroxylation is 1. The number of hydrogen-bond acceptors (Lipinski definition) is 2. The largest absolute Gasteiger partial charge is 0.213 e. The van der Waals surface area contributed by atoms with Crippen LogP contribution in [0.3, 0.4) is 0 Å². The monoisotopic (exact) mass is 235 g/mol. The Labute approximate surface area is 106 Å². The Morgan fingerprint density at radius 1 is 0.833 bits per heavy atom. The summed E-state index contributed by atoms with van der Waals surface area (Å²) in [4.78, 5) is 0. The van der Waals surface area contributed by atoms with E-state index in [0.29, 0.717) is 0 Å². The maximum absolute atomic E-state index is 4.23. The first-order chi connectivity index (χ1) is 8.86. The molecule has 0 saturated carbocycles. The zero-order chi connectivity index (χ0) is 12.4. The summed E-state index contributed by atoms with van der Waals surface area (Å²) in [6.45, 7) is 1.98. The summed E-state index contributed by atoms with van der Waals surface area (Å²) >= 11 is 0. The Bertz CT molecular complexity index is 642. The molecule has 0 bridgehead atoms. The highest BCUT2D eigenvalue weighted by molar-refractivity contribution is 5.63. The van der Waals surface area contributed by atoms with Crippen molar-refractivity contribution >= 4 is 0 Å². The van der Waals surface area contributed by atoms with Gasteiger partial charge in [-0.1, -0.05) is 53.7 Å². The lowest BCUT2D eigenvalue weighted by Gasteiger charge is -2.06.